The summed E-state index contributed by atoms with van der Waals surface area (Å²) in [5, 5.41) is 22.0. The lowest BCUT2D eigenvalue weighted by Crippen LogP contribution is -2.38. The van der Waals surface area contributed by atoms with Crippen LogP contribution in [0, 0.1) is 0 Å². The minimum atomic E-state index is -1.84. The molecule has 2 aliphatic rings. The number of hydrogen-bond acceptors (Lipinski definition) is 5. The summed E-state index contributed by atoms with van der Waals surface area (Å²) >= 11 is 6.27. The number of allylic oxidation sites excluding steroid dienone is 1. The van der Waals surface area contributed by atoms with Gasteiger partial charge in [0.2, 0.25) is 5.91 Å². The number of aliphatic hydroxyl groups is 1. The quantitative estimate of drug-likeness (QED) is 0.502. The summed E-state index contributed by atoms with van der Waals surface area (Å²) in [6.45, 7) is 2.46. The van der Waals surface area contributed by atoms with Crippen LogP contribution in [-0.4, -0.2) is 53.7 Å². The van der Waals surface area contributed by atoms with E-state index in [1.54, 1.807) is 24.1 Å². The maximum absolute atomic E-state index is 13.0. The molecule has 1 atom stereocenters. The van der Waals surface area contributed by atoms with Crippen molar-refractivity contribution >= 4 is 29.2 Å². The van der Waals surface area contributed by atoms with Crippen LogP contribution in [0.1, 0.15) is 61.6 Å². The van der Waals surface area contributed by atoms with Crippen molar-refractivity contribution in [3.8, 4) is 5.75 Å². The number of aliphatic carboxylic acids is 1. The van der Waals surface area contributed by atoms with Crippen molar-refractivity contribution < 1.29 is 24.5 Å². The highest BCUT2D eigenvalue weighted by Gasteiger charge is 2.37. The predicted octanol–water partition coefficient (Wildman–Crippen LogP) is 5.31. The van der Waals surface area contributed by atoms with Gasteiger partial charge in [0.05, 0.1) is 18.5 Å². The molecule has 0 radical (unpaired) electrons. The van der Waals surface area contributed by atoms with Gasteiger partial charge < -0.3 is 24.7 Å². The minimum Gasteiger partial charge on any atom is -0.487 e. The lowest BCUT2D eigenvalue weighted by Gasteiger charge is -2.32. The molecule has 0 saturated heterocycles. The van der Waals surface area contributed by atoms with E-state index in [0.717, 1.165) is 56.4 Å². The van der Waals surface area contributed by atoms with E-state index in [9.17, 15) is 19.8 Å². The van der Waals surface area contributed by atoms with Crippen molar-refractivity contribution in [1.29, 1.82) is 0 Å². The van der Waals surface area contributed by atoms with Crippen LogP contribution in [0.2, 0.25) is 5.02 Å². The first-order valence-corrected chi connectivity index (χ1v) is 13.8. The Hall–Kier alpha value is -3.03. The molecule has 0 spiro atoms. The van der Waals surface area contributed by atoms with Gasteiger partial charge in [-0.05, 0) is 79.5 Å². The Bertz CT molecular complexity index is 1180. The number of carboxylic acids is 1. The second-order valence-electron chi connectivity index (χ2n) is 10.3. The highest BCUT2D eigenvalue weighted by Crippen LogP contribution is 2.38. The molecule has 2 aromatic carbocycles. The molecule has 2 N–H and O–H groups in total. The Morgan fingerprint density at radius 2 is 1.82 bits per heavy atom. The van der Waals surface area contributed by atoms with Crippen LogP contribution in [0.5, 0.6) is 5.75 Å². The second kappa shape index (κ2) is 12.7. The fourth-order valence-corrected chi connectivity index (χ4v) is 5.40. The fraction of sp³-hybridized carbons (Fsp3) is 0.467. The van der Waals surface area contributed by atoms with Gasteiger partial charge in [0.15, 0.2) is 0 Å². The van der Waals surface area contributed by atoms with Crippen LogP contribution in [0.4, 0.5) is 5.69 Å². The van der Waals surface area contributed by atoms with E-state index in [1.165, 1.54) is 5.56 Å². The SMILES string of the molecule is CN1CC/C=C/CCCN2CCCCc3cc(Cl)ccc3COc3ccc(cc32)[C@](O)(CC(=O)O)CC1=O. The molecule has 8 heteroatoms. The van der Waals surface area contributed by atoms with Crippen LogP contribution in [0.25, 0.3) is 0 Å². The van der Waals surface area contributed by atoms with Crippen LogP contribution >= 0.6 is 11.6 Å². The molecule has 2 aromatic rings. The van der Waals surface area contributed by atoms with Crippen molar-refractivity contribution in [2.24, 2.45) is 0 Å². The summed E-state index contributed by atoms with van der Waals surface area (Å²) < 4.78 is 6.35. The number of fused-ring (bicyclic) bond motifs is 2. The fourth-order valence-electron chi connectivity index (χ4n) is 5.20. The van der Waals surface area contributed by atoms with E-state index < -0.39 is 18.0 Å². The number of hydrogen-bond donors (Lipinski definition) is 2. The molecule has 0 aromatic heterocycles. The number of nitrogens with zero attached hydrogens (tertiary/aromatic N) is 2. The zero-order valence-electron chi connectivity index (χ0n) is 22.0. The van der Waals surface area contributed by atoms with Gasteiger partial charge >= 0.3 is 5.97 Å². The number of carboxylic acid groups (broad SMARTS) is 1. The molecule has 2 heterocycles. The largest absolute Gasteiger partial charge is 0.487 e. The second-order valence-corrected chi connectivity index (χ2v) is 10.8. The zero-order valence-corrected chi connectivity index (χ0v) is 22.8. The molecule has 204 valence electrons. The summed E-state index contributed by atoms with van der Waals surface area (Å²) in [5.74, 6) is -0.793. The van der Waals surface area contributed by atoms with Gasteiger partial charge in [-0.25, -0.2) is 0 Å². The van der Waals surface area contributed by atoms with E-state index in [-0.39, 0.29) is 12.3 Å². The van der Waals surface area contributed by atoms with E-state index >= 15 is 0 Å². The molecule has 2 aliphatic heterocycles. The van der Waals surface area contributed by atoms with Crippen molar-refractivity contribution in [2.45, 2.75) is 63.6 Å². The monoisotopic (exact) mass is 540 g/mol. The summed E-state index contributed by atoms with van der Waals surface area (Å²) in [4.78, 5) is 28.6. The van der Waals surface area contributed by atoms with Crippen LogP contribution in [-0.2, 0) is 28.2 Å². The Morgan fingerprint density at radius 1 is 1.03 bits per heavy atom. The lowest BCUT2D eigenvalue weighted by atomic mass is 9.86. The molecule has 7 nitrogen and oxygen atoms in total. The molecule has 2 bridgehead atoms. The van der Waals surface area contributed by atoms with Gasteiger partial charge in [-0.15, -0.1) is 0 Å². The lowest BCUT2D eigenvalue weighted by molar-refractivity contribution is -0.146. The van der Waals surface area contributed by atoms with Gasteiger partial charge in [0.1, 0.15) is 18.0 Å². The molecule has 0 unspecified atom stereocenters. The number of aryl methyl sites for hydroxylation is 1. The first kappa shape index (κ1) is 28.0. The number of ether oxygens (including phenoxy) is 1. The third kappa shape index (κ3) is 7.08. The average Bonchev–Trinajstić information content (AvgIpc) is 2.90. The smallest absolute Gasteiger partial charge is 0.306 e. The zero-order chi connectivity index (χ0) is 27.1. The first-order chi connectivity index (χ1) is 18.2. The van der Waals surface area contributed by atoms with E-state index in [0.29, 0.717) is 35.9 Å². The number of carbonyl (C=O) groups excluding carboxylic acids is 1. The van der Waals surface area contributed by atoms with Gasteiger partial charge in [-0.2, -0.15) is 0 Å². The molecule has 38 heavy (non-hydrogen) atoms. The summed E-state index contributed by atoms with van der Waals surface area (Å²) in [6, 6.07) is 11.2. The number of rotatable bonds is 2. The maximum atomic E-state index is 13.0. The Kier molecular flexibility index (Phi) is 9.34. The Labute approximate surface area is 229 Å². The summed E-state index contributed by atoms with van der Waals surface area (Å²) in [5.41, 5.74) is 1.63. The topological polar surface area (TPSA) is 90.3 Å². The van der Waals surface area contributed by atoms with Gasteiger partial charge in [-0.1, -0.05) is 35.9 Å². The van der Waals surface area contributed by atoms with Crippen molar-refractivity contribution in [1.82, 2.24) is 4.90 Å². The number of anilines is 1. The van der Waals surface area contributed by atoms with Crippen molar-refractivity contribution in [3.63, 3.8) is 0 Å². The summed E-state index contributed by atoms with van der Waals surface area (Å²) in [7, 11) is 1.69. The standard InChI is InChI=1S/C30H37ClN2O5/c1-32-14-6-3-2-4-7-15-33-16-8-5-9-22-17-25(31)12-10-23(22)21-38-27-13-11-24(18-26(27)33)30(37,19-28(32)34)20-29(35)36/h2-3,10-13,17-18,37H,4-9,14-16,19-21H2,1H3,(H,35,36)/b3-2+/t30-/m1/s1. The van der Waals surface area contributed by atoms with E-state index in [1.807, 2.05) is 24.3 Å². The van der Waals surface area contributed by atoms with Crippen molar-refractivity contribution in [3.05, 3.63) is 70.3 Å². The number of halogens is 1. The molecule has 0 saturated carbocycles. The molecule has 1 amide bonds. The third-order valence-corrected chi connectivity index (χ3v) is 7.66. The number of amides is 1. The number of carbonyl (C=O) groups is 2. The molecule has 0 fully saturated rings. The predicted molar refractivity (Wildman–Crippen MR) is 149 cm³/mol. The molecule has 4 rings (SSSR count). The van der Waals surface area contributed by atoms with Crippen molar-refractivity contribution in [2.75, 3.05) is 31.6 Å². The van der Waals surface area contributed by atoms with Crippen LogP contribution in [0.3, 0.4) is 0 Å². The number of benzene rings is 2. The molecule has 0 aliphatic carbocycles. The maximum Gasteiger partial charge on any atom is 0.306 e. The van der Waals surface area contributed by atoms with Gasteiger partial charge in [-0.3, -0.25) is 9.59 Å². The Balaban J connectivity index is 1.77. The summed E-state index contributed by atoms with van der Waals surface area (Å²) in [6.07, 6.45) is 8.76. The molecular weight excluding hydrogens is 504 g/mol. The first-order valence-electron chi connectivity index (χ1n) is 13.4. The average molecular weight is 541 g/mol. The normalized spacial score (nSPS) is 22.2. The minimum absolute atomic E-state index is 0.295. The van der Waals surface area contributed by atoms with Gasteiger partial charge in [0.25, 0.3) is 0 Å². The third-order valence-electron chi connectivity index (χ3n) is 7.42. The molecular formula is C30H37ClN2O5. The van der Waals surface area contributed by atoms with Crippen LogP contribution in [0.15, 0.2) is 48.6 Å². The van der Waals surface area contributed by atoms with Gasteiger partial charge in [0, 0.05) is 31.7 Å². The Morgan fingerprint density at radius 3 is 2.63 bits per heavy atom. The highest BCUT2D eigenvalue weighted by atomic mass is 35.5. The highest BCUT2D eigenvalue weighted by molar-refractivity contribution is 6.30. The van der Waals surface area contributed by atoms with E-state index in [2.05, 4.69) is 17.1 Å². The van der Waals surface area contributed by atoms with Crippen LogP contribution < -0.4 is 9.64 Å². The van der Waals surface area contributed by atoms with E-state index in [4.69, 9.17) is 16.3 Å².